The Morgan fingerprint density at radius 3 is 2.64 bits per heavy atom. The number of hydrogen-bond acceptors (Lipinski definition) is 2. The number of rotatable bonds is 1. The zero-order valence-corrected chi connectivity index (χ0v) is 9.39. The molecular weight excluding hydrogens is 173 g/mol. The summed E-state index contributed by atoms with van der Waals surface area (Å²) >= 11 is 5.58. The van der Waals surface area contributed by atoms with Gasteiger partial charge in [0.15, 0.2) is 0 Å². The van der Waals surface area contributed by atoms with Crippen molar-refractivity contribution in [2.75, 3.05) is 0 Å². The third kappa shape index (κ3) is 3.09. The number of aliphatic hydroxyl groups is 1. The molecule has 0 saturated heterocycles. The van der Waals surface area contributed by atoms with Gasteiger partial charge in [0.1, 0.15) is 5.15 Å². The van der Waals surface area contributed by atoms with Gasteiger partial charge in [0.25, 0.3) is 0 Å². The fourth-order valence-electron chi connectivity index (χ4n) is 0.726. The molecule has 0 bridgehead atoms. The van der Waals surface area contributed by atoms with Crippen molar-refractivity contribution in [2.45, 2.75) is 13.5 Å². The summed E-state index contributed by atoms with van der Waals surface area (Å²) in [7, 11) is 0. The number of aryl methyl sites for hydroxylation is 1. The SMILES string of the molecule is Cc1nc(Cl)ccc1CO.[Na]. The van der Waals surface area contributed by atoms with Crippen molar-refractivity contribution in [2.24, 2.45) is 0 Å². The Labute approximate surface area is 92.9 Å². The summed E-state index contributed by atoms with van der Waals surface area (Å²) in [5.74, 6) is 0. The fourth-order valence-corrected chi connectivity index (χ4v) is 0.916. The van der Waals surface area contributed by atoms with Crippen molar-refractivity contribution in [3.8, 4) is 0 Å². The topological polar surface area (TPSA) is 33.1 Å². The molecule has 0 aliphatic carbocycles. The Morgan fingerprint density at radius 1 is 1.55 bits per heavy atom. The van der Waals surface area contributed by atoms with Gasteiger partial charge in [-0.2, -0.15) is 0 Å². The number of aliphatic hydroxyl groups excluding tert-OH is 1. The maximum Gasteiger partial charge on any atom is 0.129 e. The van der Waals surface area contributed by atoms with Gasteiger partial charge >= 0.3 is 0 Å². The normalized spacial score (nSPS) is 9.00. The van der Waals surface area contributed by atoms with E-state index in [9.17, 15) is 0 Å². The van der Waals surface area contributed by atoms with Crippen LogP contribution in [0.3, 0.4) is 0 Å². The summed E-state index contributed by atoms with van der Waals surface area (Å²) in [5.41, 5.74) is 1.61. The largest absolute Gasteiger partial charge is 0.392 e. The van der Waals surface area contributed by atoms with E-state index in [4.69, 9.17) is 16.7 Å². The van der Waals surface area contributed by atoms with Crippen molar-refractivity contribution in [3.05, 3.63) is 28.5 Å². The van der Waals surface area contributed by atoms with E-state index in [2.05, 4.69) is 4.98 Å². The van der Waals surface area contributed by atoms with Gasteiger partial charge in [-0.15, -0.1) is 0 Å². The van der Waals surface area contributed by atoms with Gasteiger partial charge in [-0.3, -0.25) is 0 Å². The first-order valence-corrected chi connectivity index (χ1v) is 3.34. The quantitative estimate of drug-likeness (QED) is 0.520. The molecule has 11 heavy (non-hydrogen) atoms. The number of halogens is 1. The molecular formula is C7H8ClNNaO. The van der Waals surface area contributed by atoms with E-state index in [1.807, 2.05) is 6.92 Å². The fraction of sp³-hybridized carbons (Fsp3) is 0.286. The Kier molecular flexibility index (Phi) is 5.30. The van der Waals surface area contributed by atoms with Gasteiger partial charge in [-0.25, -0.2) is 4.98 Å². The molecule has 1 radical (unpaired) electrons. The van der Waals surface area contributed by atoms with Crippen molar-refractivity contribution < 1.29 is 5.11 Å². The Hall–Kier alpha value is 0.400. The molecule has 1 rings (SSSR count). The molecule has 2 nitrogen and oxygen atoms in total. The molecule has 0 aliphatic heterocycles. The maximum atomic E-state index is 8.73. The van der Waals surface area contributed by atoms with Crippen LogP contribution >= 0.6 is 11.6 Å². The van der Waals surface area contributed by atoms with Crippen LogP contribution in [0.5, 0.6) is 0 Å². The summed E-state index contributed by atoms with van der Waals surface area (Å²) in [6.45, 7) is 1.84. The molecule has 0 aliphatic rings. The van der Waals surface area contributed by atoms with Crippen molar-refractivity contribution in [3.63, 3.8) is 0 Å². The summed E-state index contributed by atoms with van der Waals surface area (Å²) in [4.78, 5) is 3.95. The number of pyridine rings is 1. The Morgan fingerprint density at radius 2 is 2.18 bits per heavy atom. The molecule has 0 saturated carbocycles. The molecule has 1 heterocycles. The van der Waals surface area contributed by atoms with Crippen molar-refractivity contribution in [1.29, 1.82) is 0 Å². The van der Waals surface area contributed by atoms with Crippen LogP contribution in [0.2, 0.25) is 5.15 Å². The molecule has 55 valence electrons. The van der Waals surface area contributed by atoms with E-state index in [0.717, 1.165) is 11.3 Å². The van der Waals surface area contributed by atoms with E-state index in [1.54, 1.807) is 12.1 Å². The second kappa shape index (κ2) is 5.12. The predicted molar refractivity (Wildman–Crippen MR) is 45.7 cm³/mol. The summed E-state index contributed by atoms with van der Waals surface area (Å²) in [5, 5.41) is 9.19. The van der Waals surface area contributed by atoms with Crippen LogP contribution in [-0.2, 0) is 6.61 Å². The van der Waals surface area contributed by atoms with Crippen LogP contribution < -0.4 is 0 Å². The standard InChI is InChI=1S/C7H8ClNO.Na/c1-5-6(4-10)2-3-7(8)9-5;/h2-3,10H,4H2,1H3;. The Bertz CT molecular complexity index is 242. The van der Waals surface area contributed by atoms with Crippen LogP contribution in [0.25, 0.3) is 0 Å². The first kappa shape index (κ1) is 11.4. The van der Waals surface area contributed by atoms with Crippen LogP contribution in [0, 0.1) is 6.92 Å². The first-order chi connectivity index (χ1) is 4.74. The molecule has 1 N–H and O–H groups in total. The smallest absolute Gasteiger partial charge is 0.129 e. The van der Waals surface area contributed by atoms with E-state index in [0.29, 0.717) is 5.15 Å². The average Bonchev–Trinajstić information content (AvgIpc) is 1.88. The van der Waals surface area contributed by atoms with E-state index < -0.39 is 0 Å². The third-order valence-electron chi connectivity index (χ3n) is 1.33. The van der Waals surface area contributed by atoms with Gasteiger partial charge < -0.3 is 5.11 Å². The molecule has 0 spiro atoms. The van der Waals surface area contributed by atoms with Crippen molar-refractivity contribution >= 4 is 41.2 Å². The molecule has 1 aromatic rings. The van der Waals surface area contributed by atoms with Crippen molar-refractivity contribution in [1.82, 2.24) is 4.98 Å². The molecule has 0 amide bonds. The first-order valence-electron chi connectivity index (χ1n) is 2.97. The monoisotopic (exact) mass is 180 g/mol. The summed E-state index contributed by atoms with van der Waals surface area (Å²) < 4.78 is 0. The molecule has 4 heteroatoms. The average molecular weight is 181 g/mol. The van der Waals surface area contributed by atoms with E-state index in [-0.39, 0.29) is 36.2 Å². The Balaban J connectivity index is 0.000001000. The van der Waals surface area contributed by atoms with E-state index in [1.165, 1.54) is 0 Å². The molecule has 0 aromatic carbocycles. The van der Waals surface area contributed by atoms with Crippen LogP contribution in [0.15, 0.2) is 12.1 Å². The maximum absolute atomic E-state index is 8.73. The predicted octanol–water partition coefficient (Wildman–Crippen LogP) is 1.15. The zero-order chi connectivity index (χ0) is 7.56. The van der Waals surface area contributed by atoms with Gasteiger partial charge in [0.2, 0.25) is 0 Å². The number of aromatic nitrogens is 1. The minimum atomic E-state index is 0. The second-order valence-corrected chi connectivity index (χ2v) is 2.42. The number of nitrogens with zero attached hydrogens (tertiary/aromatic N) is 1. The van der Waals surface area contributed by atoms with Gasteiger partial charge in [0, 0.05) is 35.3 Å². The van der Waals surface area contributed by atoms with Gasteiger partial charge in [-0.1, -0.05) is 17.7 Å². The van der Waals surface area contributed by atoms with E-state index >= 15 is 0 Å². The zero-order valence-electron chi connectivity index (χ0n) is 6.63. The van der Waals surface area contributed by atoms with Crippen LogP contribution in [0.1, 0.15) is 11.3 Å². The molecule has 0 atom stereocenters. The molecule has 0 fully saturated rings. The second-order valence-electron chi connectivity index (χ2n) is 2.04. The summed E-state index contributed by atoms with van der Waals surface area (Å²) in [6.07, 6.45) is 0. The van der Waals surface area contributed by atoms with Crippen LogP contribution in [0.4, 0.5) is 0 Å². The van der Waals surface area contributed by atoms with Gasteiger partial charge in [-0.05, 0) is 18.6 Å². The minimum absolute atomic E-state index is 0. The minimum Gasteiger partial charge on any atom is -0.392 e. The van der Waals surface area contributed by atoms with Crippen LogP contribution in [-0.4, -0.2) is 39.6 Å². The third-order valence-corrected chi connectivity index (χ3v) is 1.54. The molecule has 0 unspecified atom stereocenters. The number of hydrogen-bond donors (Lipinski definition) is 1. The molecule has 1 aromatic heterocycles. The van der Waals surface area contributed by atoms with Gasteiger partial charge in [0.05, 0.1) is 6.61 Å². The summed E-state index contributed by atoms with van der Waals surface area (Å²) in [6, 6.07) is 3.44.